The molecule has 2 amide bonds. The van der Waals surface area contributed by atoms with Gasteiger partial charge in [0.05, 0.1) is 12.2 Å². The molecule has 24 heavy (non-hydrogen) atoms. The minimum absolute atomic E-state index is 0.184. The molecule has 0 bridgehead atoms. The van der Waals surface area contributed by atoms with Crippen LogP contribution in [0.3, 0.4) is 0 Å². The number of hydrogen-bond donors (Lipinski definition) is 2. The normalized spacial score (nSPS) is 13.7. The lowest BCUT2D eigenvalue weighted by atomic mass is 10.2. The molecule has 2 heterocycles. The molecule has 1 saturated carbocycles. The van der Waals surface area contributed by atoms with Crippen LogP contribution < -0.4 is 10.6 Å². The van der Waals surface area contributed by atoms with Crippen molar-refractivity contribution in [2.24, 2.45) is 0 Å². The second-order valence-electron chi connectivity index (χ2n) is 5.54. The highest BCUT2D eigenvalue weighted by molar-refractivity contribution is 7.13. The van der Waals surface area contributed by atoms with Gasteiger partial charge >= 0.3 is 6.03 Å². The van der Waals surface area contributed by atoms with Crippen LogP contribution in [0.5, 0.6) is 0 Å². The predicted molar refractivity (Wildman–Crippen MR) is 89.7 cm³/mol. The van der Waals surface area contributed by atoms with Crippen LogP contribution >= 0.6 is 11.3 Å². The molecule has 2 N–H and O–H groups in total. The summed E-state index contributed by atoms with van der Waals surface area (Å²) in [5.41, 5.74) is 1.91. The molecule has 4 rings (SSSR count). The third-order valence-corrected chi connectivity index (χ3v) is 4.41. The number of carbonyl (C=O) groups is 1. The highest BCUT2D eigenvalue weighted by atomic mass is 32.1. The minimum Gasteiger partial charge on any atom is -0.334 e. The maximum Gasteiger partial charge on any atom is 0.321 e. The Balaban J connectivity index is 1.31. The molecule has 0 aliphatic heterocycles. The van der Waals surface area contributed by atoms with Gasteiger partial charge in [0.1, 0.15) is 0 Å². The maximum absolute atomic E-state index is 11.9. The van der Waals surface area contributed by atoms with Gasteiger partial charge in [-0.3, -0.25) is 5.32 Å². The van der Waals surface area contributed by atoms with E-state index in [0.717, 1.165) is 11.3 Å². The van der Waals surface area contributed by atoms with Gasteiger partial charge in [0.15, 0.2) is 11.0 Å². The number of urea groups is 1. The van der Waals surface area contributed by atoms with Gasteiger partial charge in [0, 0.05) is 16.9 Å². The van der Waals surface area contributed by atoms with Crippen molar-refractivity contribution < 1.29 is 9.32 Å². The first-order chi connectivity index (χ1) is 11.8. The highest BCUT2D eigenvalue weighted by Crippen LogP contribution is 2.40. The molecular weight excluding hydrogens is 326 g/mol. The summed E-state index contributed by atoms with van der Waals surface area (Å²) < 4.78 is 5.19. The largest absolute Gasteiger partial charge is 0.334 e. The summed E-state index contributed by atoms with van der Waals surface area (Å²) in [5.74, 6) is 1.43. The number of anilines is 1. The van der Waals surface area contributed by atoms with Crippen molar-refractivity contribution in [2.45, 2.75) is 25.3 Å². The first-order valence-corrected chi connectivity index (χ1v) is 8.54. The Labute approximate surface area is 142 Å². The van der Waals surface area contributed by atoms with E-state index in [1.807, 2.05) is 35.7 Å². The molecule has 0 atom stereocenters. The van der Waals surface area contributed by atoms with E-state index in [4.69, 9.17) is 4.52 Å². The van der Waals surface area contributed by atoms with Crippen LogP contribution in [0.15, 0.2) is 40.2 Å². The smallest absolute Gasteiger partial charge is 0.321 e. The zero-order valence-corrected chi connectivity index (χ0v) is 13.5. The number of thiazole rings is 1. The van der Waals surface area contributed by atoms with Gasteiger partial charge < -0.3 is 9.84 Å². The first kappa shape index (κ1) is 14.8. The quantitative estimate of drug-likeness (QED) is 0.742. The molecule has 2 aromatic heterocycles. The summed E-state index contributed by atoms with van der Waals surface area (Å²) >= 11 is 1.44. The summed E-state index contributed by atoms with van der Waals surface area (Å²) in [7, 11) is 0. The molecule has 7 nitrogen and oxygen atoms in total. The average Bonchev–Trinajstić information content (AvgIpc) is 3.17. The molecule has 1 fully saturated rings. The molecular formula is C16H15N5O2S. The molecule has 122 valence electrons. The molecule has 0 spiro atoms. The number of benzene rings is 1. The highest BCUT2D eigenvalue weighted by Gasteiger charge is 2.26. The lowest BCUT2D eigenvalue weighted by molar-refractivity contribution is 0.251. The van der Waals surface area contributed by atoms with Crippen LogP contribution in [0.1, 0.15) is 30.3 Å². The monoisotopic (exact) mass is 341 g/mol. The molecule has 8 heteroatoms. The van der Waals surface area contributed by atoms with Crippen LogP contribution in [-0.4, -0.2) is 21.2 Å². The number of nitrogens with one attached hydrogen (secondary N) is 2. The van der Waals surface area contributed by atoms with Crippen LogP contribution in [0, 0.1) is 0 Å². The van der Waals surface area contributed by atoms with E-state index in [-0.39, 0.29) is 12.6 Å². The van der Waals surface area contributed by atoms with Gasteiger partial charge in [0.2, 0.25) is 0 Å². The fourth-order valence-corrected chi connectivity index (χ4v) is 3.02. The van der Waals surface area contributed by atoms with Gasteiger partial charge in [0.25, 0.3) is 5.89 Å². The topological polar surface area (TPSA) is 92.9 Å². The van der Waals surface area contributed by atoms with Crippen molar-refractivity contribution in [3.63, 3.8) is 0 Å². The van der Waals surface area contributed by atoms with Gasteiger partial charge in [-0.25, -0.2) is 9.78 Å². The number of carbonyl (C=O) groups excluding carboxylic acids is 1. The van der Waals surface area contributed by atoms with E-state index in [9.17, 15) is 4.79 Å². The zero-order chi connectivity index (χ0) is 16.4. The van der Waals surface area contributed by atoms with E-state index in [0.29, 0.717) is 22.8 Å². The molecule has 1 aliphatic carbocycles. The van der Waals surface area contributed by atoms with Gasteiger partial charge in [-0.2, -0.15) is 4.98 Å². The van der Waals surface area contributed by atoms with Gasteiger partial charge in [-0.15, -0.1) is 11.3 Å². The Kier molecular flexibility index (Phi) is 3.96. The molecule has 3 aromatic rings. The SMILES string of the molecule is O=C(NCc1noc(-c2ccccc2)n1)Nc1nc(C2CC2)cs1. The fourth-order valence-electron chi connectivity index (χ4n) is 2.23. The summed E-state index contributed by atoms with van der Waals surface area (Å²) in [6.07, 6.45) is 2.38. The van der Waals surface area contributed by atoms with Crippen LogP contribution in [-0.2, 0) is 6.54 Å². The van der Waals surface area contributed by atoms with Crippen LogP contribution in [0.4, 0.5) is 9.93 Å². The van der Waals surface area contributed by atoms with E-state index < -0.39 is 0 Å². The fraction of sp³-hybridized carbons (Fsp3) is 0.250. The van der Waals surface area contributed by atoms with Crippen molar-refractivity contribution >= 4 is 22.5 Å². The lowest BCUT2D eigenvalue weighted by Gasteiger charge is -2.02. The average molecular weight is 341 g/mol. The summed E-state index contributed by atoms with van der Waals surface area (Å²) in [6, 6.07) is 9.15. The molecule has 1 aromatic carbocycles. The third-order valence-electron chi connectivity index (χ3n) is 3.63. The Bertz CT molecular complexity index is 841. The third kappa shape index (κ3) is 3.43. The Morgan fingerprint density at radius 1 is 1.25 bits per heavy atom. The number of rotatable bonds is 5. The number of amides is 2. The van der Waals surface area contributed by atoms with E-state index in [2.05, 4.69) is 25.8 Å². The summed E-state index contributed by atoms with van der Waals surface area (Å²) in [6.45, 7) is 0.184. The first-order valence-electron chi connectivity index (χ1n) is 7.66. The molecule has 1 aliphatic rings. The zero-order valence-electron chi connectivity index (χ0n) is 12.7. The summed E-state index contributed by atoms with van der Waals surface area (Å²) in [5, 5.41) is 11.9. The predicted octanol–water partition coefficient (Wildman–Crippen LogP) is 3.39. The standard InChI is InChI=1S/C16H15N5O2S/c22-15(20-16-18-12(9-24-16)10-6-7-10)17-8-13-19-14(23-21-13)11-4-2-1-3-5-11/h1-5,9-10H,6-8H2,(H2,17,18,20,22). The van der Waals surface area contributed by atoms with Crippen LogP contribution in [0.25, 0.3) is 11.5 Å². The van der Waals surface area contributed by atoms with Gasteiger partial charge in [-0.1, -0.05) is 23.4 Å². The lowest BCUT2D eigenvalue weighted by Crippen LogP contribution is -2.28. The van der Waals surface area contributed by atoms with E-state index in [1.54, 1.807) is 0 Å². The number of nitrogens with zero attached hydrogens (tertiary/aromatic N) is 3. The van der Waals surface area contributed by atoms with Crippen molar-refractivity contribution in [1.82, 2.24) is 20.4 Å². The minimum atomic E-state index is -0.335. The van der Waals surface area contributed by atoms with Crippen molar-refractivity contribution in [3.05, 3.63) is 47.2 Å². The van der Waals surface area contributed by atoms with E-state index in [1.165, 1.54) is 24.2 Å². The van der Waals surface area contributed by atoms with Gasteiger partial charge in [-0.05, 0) is 25.0 Å². The molecule has 0 radical (unpaired) electrons. The van der Waals surface area contributed by atoms with Crippen molar-refractivity contribution in [2.75, 3.05) is 5.32 Å². The summed E-state index contributed by atoms with van der Waals surface area (Å²) in [4.78, 5) is 20.6. The Morgan fingerprint density at radius 2 is 2.08 bits per heavy atom. The second-order valence-corrected chi connectivity index (χ2v) is 6.40. The van der Waals surface area contributed by atoms with Crippen molar-refractivity contribution in [3.8, 4) is 11.5 Å². The molecule has 0 saturated heterocycles. The second kappa shape index (κ2) is 6.40. The maximum atomic E-state index is 11.9. The van der Waals surface area contributed by atoms with Crippen LogP contribution in [0.2, 0.25) is 0 Å². The number of aromatic nitrogens is 3. The van der Waals surface area contributed by atoms with E-state index >= 15 is 0 Å². The molecule has 0 unspecified atom stereocenters. The Morgan fingerprint density at radius 3 is 2.88 bits per heavy atom. The Hall–Kier alpha value is -2.74. The number of hydrogen-bond acceptors (Lipinski definition) is 6. The van der Waals surface area contributed by atoms with Crippen molar-refractivity contribution in [1.29, 1.82) is 0 Å².